The normalized spacial score (nSPS) is 19.4. The largest absolute Gasteiger partial charge is 0.337 e. The fourth-order valence-corrected chi connectivity index (χ4v) is 4.98. The average molecular weight is 395 g/mol. The van der Waals surface area contributed by atoms with E-state index in [1.165, 1.54) is 23.2 Å². The summed E-state index contributed by atoms with van der Waals surface area (Å²) in [5, 5.41) is 4.80. The molecule has 1 atom stereocenters. The van der Waals surface area contributed by atoms with Crippen molar-refractivity contribution < 1.29 is 4.79 Å². The summed E-state index contributed by atoms with van der Waals surface area (Å²) >= 11 is 0. The van der Waals surface area contributed by atoms with Gasteiger partial charge < -0.3 is 4.90 Å². The molecule has 5 heteroatoms. The minimum Gasteiger partial charge on any atom is -0.337 e. The second-order valence-corrected chi connectivity index (χ2v) is 8.39. The van der Waals surface area contributed by atoms with Crippen LogP contribution >= 0.6 is 0 Å². The topological polar surface area (TPSA) is 41.4 Å². The smallest absolute Gasteiger partial charge is 0.274 e. The number of rotatable bonds is 6. The molecule has 29 heavy (non-hydrogen) atoms. The number of likely N-dealkylation sites (N-methyl/N-ethyl adjacent to an activating group) is 1. The standard InChI is InChI=1S/C24H34N4O/c1-3-26(18-19-11-7-5-8-12-19)20-13-14-22-21(17-20)23(25-28(22)4-2)24(29)27-15-9-6-10-16-27/h5,7-8,11-12,20H,3-4,6,9-10,13-18H2,1-2H3/t20-/m1/s1. The van der Waals surface area contributed by atoms with Gasteiger partial charge in [0.25, 0.3) is 5.91 Å². The molecule has 156 valence electrons. The molecule has 1 aliphatic carbocycles. The molecule has 2 aromatic rings. The van der Waals surface area contributed by atoms with Crippen LogP contribution in [0.5, 0.6) is 0 Å². The van der Waals surface area contributed by atoms with Gasteiger partial charge in [-0.1, -0.05) is 37.3 Å². The van der Waals surface area contributed by atoms with Crippen molar-refractivity contribution in [2.75, 3.05) is 19.6 Å². The molecule has 0 unspecified atom stereocenters. The number of nitrogens with zero attached hydrogens (tertiary/aromatic N) is 4. The Morgan fingerprint density at radius 2 is 1.90 bits per heavy atom. The summed E-state index contributed by atoms with van der Waals surface area (Å²) in [6.45, 7) is 8.95. The molecule has 1 fully saturated rings. The number of aryl methyl sites for hydroxylation is 1. The van der Waals surface area contributed by atoms with Crippen LogP contribution in [-0.2, 0) is 25.9 Å². The molecule has 1 aromatic heterocycles. The summed E-state index contributed by atoms with van der Waals surface area (Å²) in [5.74, 6) is 0.153. The number of aromatic nitrogens is 2. The predicted octanol–water partition coefficient (Wildman–Crippen LogP) is 3.91. The molecule has 0 saturated carbocycles. The van der Waals surface area contributed by atoms with Gasteiger partial charge in [0, 0.05) is 43.5 Å². The lowest BCUT2D eigenvalue weighted by molar-refractivity contribution is 0.0715. The Morgan fingerprint density at radius 1 is 1.14 bits per heavy atom. The predicted molar refractivity (Wildman–Crippen MR) is 116 cm³/mol. The van der Waals surface area contributed by atoms with E-state index in [4.69, 9.17) is 5.10 Å². The van der Waals surface area contributed by atoms with Gasteiger partial charge in [-0.3, -0.25) is 14.4 Å². The number of hydrogen-bond acceptors (Lipinski definition) is 3. The molecule has 1 aromatic carbocycles. The highest BCUT2D eigenvalue weighted by molar-refractivity contribution is 5.94. The maximum Gasteiger partial charge on any atom is 0.274 e. The quantitative estimate of drug-likeness (QED) is 0.746. The Bertz CT molecular complexity index is 823. The van der Waals surface area contributed by atoms with E-state index >= 15 is 0 Å². The van der Waals surface area contributed by atoms with Crippen LogP contribution in [0.2, 0.25) is 0 Å². The molecule has 1 amide bonds. The van der Waals surface area contributed by atoms with Crippen LogP contribution in [0.4, 0.5) is 0 Å². The van der Waals surface area contributed by atoms with Gasteiger partial charge in [0.1, 0.15) is 0 Å². The van der Waals surface area contributed by atoms with E-state index in [9.17, 15) is 4.79 Å². The second-order valence-electron chi connectivity index (χ2n) is 8.39. The molecule has 2 heterocycles. The van der Waals surface area contributed by atoms with E-state index < -0.39 is 0 Å². The Hall–Kier alpha value is -2.14. The van der Waals surface area contributed by atoms with Gasteiger partial charge in [0.2, 0.25) is 0 Å². The van der Waals surface area contributed by atoms with E-state index in [0.29, 0.717) is 6.04 Å². The zero-order valence-corrected chi connectivity index (χ0v) is 17.9. The second kappa shape index (κ2) is 9.12. The van der Waals surface area contributed by atoms with Gasteiger partial charge in [0.15, 0.2) is 5.69 Å². The maximum atomic E-state index is 13.3. The molecule has 4 rings (SSSR count). The first-order chi connectivity index (χ1) is 14.2. The minimum absolute atomic E-state index is 0.153. The van der Waals surface area contributed by atoms with E-state index in [1.807, 2.05) is 4.90 Å². The van der Waals surface area contributed by atoms with Crippen molar-refractivity contribution in [2.24, 2.45) is 0 Å². The third-order valence-electron chi connectivity index (χ3n) is 6.62. The Kier molecular flexibility index (Phi) is 6.34. The Labute approximate surface area is 174 Å². The van der Waals surface area contributed by atoms with E-state index in [0.717, 1.165) is 70.5 Å². The summed E-state index contributed by atoms with van der Waals surface area (Å²) in [7, 11) is 0. The highest BCUT2D eigenvalue weighted by Gasteiger charge is 2.33. The zero-order valence-electron chi connectivity index (χ0n) is 17.9. The van der Waals surface area contributed by atoms with Gasteiger partial charge >= 0.3 is 0 Å². The maximum absolute atomic E-state index is 13.3. The SMILES string of the molecule is CCN(Cc1ccccc1)[C@@H]1CCc2c(c(C(=O)N3CCCCC3)nn2CC)C1. The summed E-state index contributed by atoms with van der Waals surface area (Å²) in [6, 6.07) is 11.2. The highest BCUT2D eigenvalue weighted by Crippen LogP contribution is 2.29. The zero-order chi connectivity index (χ0) is 20.2. The van der Waals surface area contributed by atoms with Crippen molar-refractivity contribution in [1.29, 1.82) is 0 Å². The molecule has 0 N–H and O–H groups in total. The molecule has 1 saturated heterocycles. The van der Waals surface area contributed by atoms with Gasteiger partial charge in [-0.2, -0.15) is 5.10 Å². The summed E-state index contributed by atoms with van der Waals surface area (Å²) in [5.41, 5.74) is 4.59. The molecular formula is C24H34N4O. The van der Waals surface area contributed by atoms with Gasteiger partial charge in [-0.05, 0) is 57.6 Å². The van der Waals surface area contributed by atoms with Crippen LogP contribution < -0.4 is 0 Å². The first-order valence-corrected chi connectivity index (χ1v) is 11.4. The fraction of sp³-hybridized carbons (Fsp3) is 0.583. The monoisotopic (exact) mass is 394 g/mol. The van der Waals surface area contributed by atoms with Crippen molar-refractivity contribution in [2.45, 2.75) is 71.5 Å². The number of amides is 1. The summed E-state index contributed by atoms with van der Waals surface area (Å²) in [6.07, 6.45) is 6.55. The summed E-state index contributed by atoms with van der Waals surface area (Å²) in [4.78, 5) is 17.9. The lowest BCUT2D eigenvalue weighted by Gasteiger charge is -2.34. The fourth-order valence-electron chi connectivity index (χ4n) is 4.98. The van der Waals surface area contributed by atoms with Crippen LogP contribution in [-0.4, -0.2) is 51.2 Å². The lowest BCUT2D eigenvalue weighted by atomic mass is 9.89. The van der Waals surface area contributed by atoms with Gasteiger partial charge in [-0.25, -0.2) is 0 Å². The molecule has 2 aliphatic rings. The third kappa shape index (κ3) is 4.25. The molecule has 0 spiro atoms. The molecule has 5 nitrogen and oxygen atoms in total. The lowest BCUT2D eigenvalue weighted by Crippen LogP contribution is -2.40. The molecule has 1 aliphatic heterocycles. The number of carbonyl (C=O) groups excluding carboxylic acids is 1. The number of piperidine rings is 1. The minimum atomic E-state index is 0.153. The van der Waals surface area contributed by atoms with Gasteiger partial charge in [0.05, 0.1) is 0 Å². The van der Waals surface area contributed by atoms with E-state index in [-0.39, 0.29) is 5.91 Å². The van der Waals surface area contributed by atoms with Crippen molar-refractivity contribution in [3.63, 3.8) is 0 Å². The summed E-state index contributed by atoms with van der Waals surface area (Å²) < 4.78 is 2.08. The molecule has 0 bridgehead atoms. The van der Waals surface area contributed by atoms with Crippen LogP contribution in [0.15, 0.2) is 30.3 Å². The number of fused-ring (bicyclic) bond motifs is 1. The van der Waals surface area contributed by atoms with Crippen LogP contribution in [0, 0.1) is 0 Å². The van der Waals surface area contributed by atoms with Crippen LogP contribution in [0.25, 0.3) is 0 Å². The number of hydrogen-bond donors (Lipinski definition) is 0. The van der Waals surface area contributed by atoms with Crippen LogP contribution in [0.3, 0.4) is 0 Å². The molecule has 0 radical (unpaired) electrons. The first-order valence-electron chi connectivity index (χ1n) is 11.4. The van der Waals surface area contributed by atoms with Gasteiger partial charge in [-0.15, -0.1) is 0 Å². The Balaban J connectivity index is 1.57. The van der Waals surface area contributed by atoms with Crippen molar-refractivity contribution >= 4 is 5.91 Å². The third-order valence-corrected chi connectivity index (χ3v) is 6.62. The van der Waals surface area contributed by atoms with E-state index in [1.54, 1.807) is 0 Å². The van der Waals surface area contributed by atoms with Crippen LogP contribution in [0.1, 0.15) is 66.8 Å². The highest BCUT2D eigenvalue weighted by atomic mass is 16.2. The number of likely N-dealkylation sites (tertiary alicyclic amines) is 1. The number of benzene rings is 1. The van der Waals surface area contributed by atoms with Crippen molar-refractivity contribution in [3.05, 3.63) is 52.8 Å². The number of carbonyl (C=O) groups is 1. The Morgan fingerprint density at radius 3 is 2.59 bits per heavy atom. The van der Waals surface area contributed by atoms with Crippen molar-refractivity contribution in [3.8, 4) is 0 Å². The van der Waals surface area contributed by atoms with Crippen molar-refractivity contribution in [1.82, 2.24) is 19.6 Å². The first kappa shape index (κ1) is 20.1. The molecular weight excluding hydrogens is 360 g/mol. The average Bonchev–Trinajstić information content (AvgIpc) is 3.16. The van der Waals surface area contributed by atoms with E-state index in [2.05, 4.69) is 53.8 Å².